The number of hydrogen-bond donors (Lipinski definition) is 2. The molecule has 0 saturated carbocycles. The number of para-hydroxylation sites is 1. The summed E-state index contributed by atoms with van der Waals surface area (Å²) >= 11 is 0. The summed E-state index contributed by atoms with van der Waals surface area (Å²) in [6.07, 6.45) is 2.20. The number of aryl methyl sites for hydroxylation is 1. The number of likely N-dealkylation sites (N-methyl/N-ethyl adjacent to an activating group) is 1. The Labute approximate surface area is 127 Å². The van der Waals surface area contributed by atoms with Gasteiger partial charge in [-0.15, -0.1) is 0 Å². The molecule has 1 saturated heterocycles. The monoisotopic (exact) mass is 290 g/mol. The molecule has 1 atom stereocenters. The number of nitrogens with zero attached hydrogens (tertiary/aromatic N) is 3. The van der Waals surface area contributed by atoms with Gasteiger partial charge in [0.2, 0.25) is 0 Å². The number of rotatable bonds is 3. The van der Waals surface area contributed by atoms with E-state index in [-0.39, 0.29) is 5.84 Å². The van der Waals surface area contributed by atoms with Crippen molar-refractivity contribution >= 4 is 11.5 Å². The van der Waals surface area contributed by atoms with Crippen LogP contribution in [0, 0.1) is 6.92 Å². The molecule has 0 spiro atoms. The first-order valence-corrected chi connectivity index (χ1v) is 7.61. The van der Waals surface area contributed by atoms with E-state index in [1.807, 2.05) is 12.1 Å². The number of hydrogen-bond acceptors (Lipinski definition) is 4. The molecule has 21 heavy (non-hydrogen) atoms. The van der Waals surface area contributed by atoms with Gasteiger partial charge in [-0.2, -0.15) is 0 Å². The summed E-state index contributed by atoms with van der Waals surface area (Å²) in [5.74, 6) is 0.182. The third kappa shape index (κ3) is 3.29. The Hall–Kier alpha value is -1.75. The summed E-state index contributed by atoms with van der Waals surface area (Å²) in [6.45, 7) is 7.46. The quantitative estimate of drug-likeness (QED) is 0.387. The normalized spacial score (nSPS) is 21.4. The van der Waals surface area contributed by atoms with Crippen LogP contribution in [0.3, 0.4) is 0 Å². The molecule has 5 nitrogen and oxygen atoms in total. The van der Waals surface area contributed by atoms with Crippen LogP contribution in [0.5, 0.6) is 0 Å². The molecule has 2 rings (SSSR count). The maximum Gasteiger partial charge on any atom is 0.172 e. The molecule has 0 bridgehead atoms. The van der Waals surface area contributed by atoms with Crippen molar-refractivity contribution in [3.63, 3.8) is 0 Å². The molecule has 1 aliphatic heterocycles. The zero-order valence-corrected chi connectivity index (χ0v) is 13.2. The van der Waals surface area contributed by atoms with E-state index in [1.54, 1.807) is 0 Å². The molecule has 0 aliphatic carbocycles. The molecule has 1 unspecified atom stereocenters. The first-order valence-electron chi connectivity index (χ1n) is 7.61. The number of amidine groups is 1. The van der Waals surface area contributed by atoms with Crippen molar-refractivity contribution in [1.29, 1.82) is 0 Å². The number of benzene rings is 1. The minimum atomic E-state index is 0.182. The Balaban J connectivity index is 2.48. The van der Waals surface area contributed by atoms with Crippen LogP contribution in [0.15, 0.2) is 23.4 Å². The van der Waals surface area contributed by atoms with Crippen LogP contribution < -0.4 is 10.6 Å². The van der Waals surface area contributed by atoms with Crippen LogP contribution in [-0.2, 0) is 0 Å². The summed E-state index contributed by atoms with van der Waals surface area (Å²) in [4.78, 5) is 4.82. The molecular formula is C16H26N4O. The van der Waals surface area contributed by atoms with E-state index >= 15 is 0 Å². The zero-order chi connectivity index (χ0) is 15.4. The third-order valence-corrected chi connectivity index (χ3v) is 4.28. The van der Waals surface area contributed by atoms with Gasteiger partial charge in [0.05, 0.1) is 5.69 Å². The number of anilines is 1. The van der Waals surface area contributed by atoms with Crippen molar-refractivity contribution in [3.8, 4) is 0 Å². The number of oxime groups is 1. The lowest BCUT2D eigenvalue weighted by molar-refractivity contribution is 0.318. The molecule has 1 fully saturated rings. The van der Waals surface area contributed by atoms with Crippen LogP contribution in [0.4, 0.5) is 5.69 Å². The Morgan fingerprint density at radius 2 is 2.19 bits per heavy atom. The van der Waals surface area contributed by atoms with Crippen molar-refractivity contribution in [3.05, 3.63) is 29.3 Å². The van der Waals surface area contributed by atoms with Gasteiger partial charge in [0.15, 0.2) is 5.84 Å². The third-order valence-electron chi connectivity index (χ3n) is 4.28. The van der Waals surface area contributed by atoms with Gasteiger partial charge in [-0.25, -0.2) is 0 Å². The van der Waals surface area contributed by atoms with Crippen molar-refractivity contribution in [2.24, 2.45) is 10.9 Å². The molecule has 0 radical (unpaired) electrons. The highest BCUT2D eigenvalue weighted by Crippen LogP contribution is 2.29. The van der Waals surface area contributed by atoms with Crippen molar-refractivity contribution in [2.75, 3.05) is 31.6 Å². The van der Waals surface area contributed by atoms with Gasteiger partial charge < -0.3 is 20.7 Å². The number of nitrogens with two attached hydrogens (primary N) is 1. The molecule has 1 aromatic carbocycles. The summed E-state index contributed by atoms with van der Waals surface area (Å²) in [5.41, 5.74) is 8.98. The summed E-state index contributed by atoms with van der Waals surface area (Å²) in [6, 6.07) is 6.42. The van der Waals surface area contributed by atoms with E-state index in [2.05, 4.69) is 41.9 Å². The van der Waals surface area contributed by atoms with Crippen LogP contribution in [0.1, 0.15) is 30.9 Å². The van der Waals surface area contributed by atoms with Crippen LogP contribution in [-0.4, -0.2) is 48.7 Å². The molecule has 1 aromatic rings. The second-order valence-corrected chi connectivity index (χ2v) is 5.83. The van der Waals surface area contributed by atoms with E-state index in [1.165, 1.54) is 5.56 Å². The summed E-state index contributed by atoms with van der Waals surface area (Å²) < 4.78 is 0. The van der Waals surface area contributed by atoms with E-state index in [4.69, 9.17) is 10.9 Å². The molecule has 1 heterocycles. The Morgan fingerprint density at radius 1 is 1.43 bits per heavy atom. The van der Waals surface area contributed by atoms with Gasteiger partial charge in [0.1, 0.15) is 0 Å². The highest BCUT2D eigenvalue weighted by Gasteiger charge is 2.25. The molecule has 1 aliphatic rings. The topological polar surface area (TPSA) is 65.1 Å². The van der Waals surface area contributed by atoms with Crippen molar-refractivity contribution < 1.29 is 5.21 Å². The lowest BCUT2D eigenvalue weighted by Gasteiger charge is -2.34. The molecule has 3 N–H and O–H groups in total. The molecule has 116 valence electrons. The highest BCUT2D eigenvalue weighted by molar-refractivity contribution is 6.02. The average Bonchev–Trinajstić information content (AvgIpc) is 2.67. The SMILES string of the molecule is CCC1CN(C)CCCN1c1c(C)cccc1/C(N)=N/O. The summed E-state index contributed by atoms with van der Waals surface area (Å²) in [5, 5.41) is 12.3. The molecule has 5 heteroatoms. The lowest BCUT2D eigenvalue weighted by Crippen LogP contribution is -2.41. The Morgan fingerprint density at radius 3 is 2.86 bits per heavy atom. The maximum absolute atomic E-state index is 9.06. The Kier molecular flexibility index (Phi) is 5.07. The minimum absolute atomic E-state index is 0.182. The second kappa shape index (κ2) is 6.80. The molecular weight excluding hydrogens is 264 g/mol. The second-order valence-electron chi connectivity index (χ2n) is 5.83. The van der Waals surface area contributed by atoms with E-state index in [0.29, 0.717) is 6.04 Å². The van der Waals surface area contributed by atoms with Crippen LogP contribution in [0.2, 0.25) is 0 Å². The van der Waals surface area contributed by atoms with Gasteiger partial charge in [-0.3, -0.25) is 0 Å². The Bertz CT molecular complexity index is 515. The first-order chi connectivity index (χ1) is 10.1. The molecule has 0 aromatic heterocycles. The predicted molar refractivity (Wildman–Crippen MR) is 87.2 cm³/mol. The highest BCUT2D eigenvalue weighted by atomic mass is 16.4. The first kappa shape index (κ1) is 15.6. The predicted octanol–water partition coefficient (Wildman–Crippen LogP) is 2.01. The fraction of sp³-hybridized carbons (Fsp3) is 0.562. The van der Waals surface area contributed by atoms with Gasteiger partial charge in [-0.1, -0.05) is 24.2 Å². The fourth-order valence-electron chi connectivity index (χ4n) is 3.19. The van der Waals surface area contributed by atoms with E-state index in [0.717, 1.165) is 43.7 Å². The summed E-state index contributed by atoms with van der Waals surface area (Å²) in [7, 11) is 2.18. The van der Waals surface area contributed by atoms with Gasteiger partial charge in [0.25, 0.3) is 0 Å². The van der Waals surface area contributed by atoms with Gasteiger partial charge in [-0.05, 0) is 45.0 Å². The molecule has 0 amide bonds. The largest absolute Gasteiger partial charge is 0.409 e. The van der Waals surface area contributed by atoms with Crippen LogP contribution >= 0.6 is 0 Å². The van der Waals surface area contributed by atoms with Crippen molar-refractivity contribution in [1.82, 2.24) is 4.90 Å². The lowest BCUT2D eigenvalue weighted by atomic mass is 10.0. The van der Waals surface area contributed by atoms with Crippen molar-refractivity contribution in [2.45, 2.75) is 32.7 Å². The smallest absolute Gasteiger partial charge is 0.172 e. The fourth-order valence-corrected chi connectivity index (χ4v) is 3.19. The average molecular weight is 290 g/mol. The van der Waals surface area contributed by atoms with E-state index < -0.39 is 0 Å². The van der Waals surface area contributed by atoms with Gasteiger partial charge >= 0.3 is 0 Å². The standard InChI is InChI=1S/C16H26N4O/c1-4-13-11-19(3)9-6-10-20(13)15-12(2)7-5-8-14(15)16(17)18-21/h5,7-8,13,21H,4,6,9-11H2,1-3H3,(H2,17,18). The van der Waals surface area contributed by atoms with Crippen LogP contribution in [0.25, 0.3) is 0 Å². The zero-order valence-electron chi connectivity index (χ0n) is 13.2. The van der Waals surface area contributed by atoms with E-state index in [9.17, 15) is 0 Å². The minimum Gasteiger partial charge on any atom is -0.409 e. The maximum atomic E-state index is 9.06. The van der Waals surface area contributed by atoms with Gasteiger partial charge in [0, 0.05) is 24.7 Å².